The summed E-state index contributed by atoms with van der Waals surface area (Å²) in [5, 5.41) is 27.3. The minimum Gasteiger partial charge on any atom is -0.508 e. The van der Waals surface area contributed by atoms with Crippen molar-refractivity contribution in [3.63, 3.8) is 0 Å². The molecule has 12 heteroatoms. The van der Waals surface area contributed by atoms with Crippen molar-refractivity contribution in [1.29, 1.82) is 0 Å². The van der Waals surface area contributed by atoms with Crippen molar-refractivity contribution >= 4 is 23.7 Å². The number of aliphatic carboxylic acids is 1. The second kappa shape index (κ2) is 14.6. The van der Waals surface area contributed by atoms with Gasteiger partial charge in [-0.05, 0) is 29.2 Å². The van der Waals surface area contributed by atoms with E-state index < -0.39 is 47.9 Å². The van der Waals surface area contributed by atoms with E-state index in [4.69, 9.17) is 5.73 Å². The molecule has 12 nitrogen and oxygen atoms in total. The maximum atomic E-state index is 13.6. The van der Waals surface area contributed by atoms with E-state index in [1.807, 2.05) is 18.2 Å². The number of carboxylic acid groups (broad SMARTS) is 1. The van der Waals surface area contributed by atoms with Crippen LogP contribution in [0.25, 0.3) is 0 Å². The Labute approximate surface area is 237 Å². The zero-order valence-electron chi connectivity index (χ0n) is 22.9. The number of aromatic nitrogens is 2. The number of hydrogen-bond acceptors (Lipinski definition) is 7. The highest BCUT2D eigenvalue weighted by molar-refractivity contribution is 5.94. The first-order chi connectivity index (χ1) is 19.5. The summed E-state index contributed by atoms with van der Waals surface area (Å²) < 4.78 is 0. The van der Waals surface area contributed by atoms with Crippen molar-refractivity contribution in [3.8, 4) is 5.75 Å². The van der Waals surface area contributed by atoms with Crippen LogP contribution in [-0.2, 0) is 38.4 Å². The highest BCUT2D eigenvalue weighted by atomic mass is 16.4. The number of rotatable bonds is 14. The van der Waals surface area contributed by atoms with Crippen LogP contribution in [0.5, 0.6) is 5.75 Å². The number of carbonyl (C=O) groups excluding carboxylic acids is 3. The number of imidazole rings is 1. The molecule has 0 aliphatic carbocycles. The van der Waals surface area contributed by atoms with E-state index in [2.05, 4.69) is 25.9 Å². The van der Waals surface area contributed by atoms with E-state index in [-0.39, 0.29) is 30.9 Å². The lowest BCUT2D eigenvalue weighted by Crippen LogP contribution is -2.58. The summed E-state index contributed by atoms with van der Waals surface area (Å²) in [7, 11) is 0. The van der Waals surface area contributed by atoms with Crippen molar-refractivity contribution in [2.24, 2.45) is 11.7 Å². The lowest BCUT2D eigenvalue weighted by atomic mass is 10.0. The smallest absolute Gasteiger partial charge is 0.326 e. The van der Waals surface area contributed by atoms with Gasteiger partial charge in [-0.3, -0.25) is 14.4 Å². The molecule has 4 atom stereocenters. The average Bonchev–Trinajstić information content (AvgIpc) is 3.46. The molecule has 0 saturated carbocycles. The number of hydrogen-bond donors (Lipinski definition) is 7. The minimum atomic E-state index is -1.30. The lowest BCUT2D eigenvalue weighted by molar-refractivity contribution is -0.142. The molecular formula is C29H36N6O6. The predicted octanol–water partition coefficient (Wildman–Crippen LogP) is 0.666. The van der Waals surface area contributed by atoms with Gasteiger partial charge in [0.25, 0.3) is 0 Å². The molecule has 1 aromatic heterocycles. The number of aromatic amines is 1. The summed E-state index contributed by atoms with van der Waals surface area (Å²) in [6.45, 7) is 3.58. The first kappa shape index (κ1) is 30.8. The standard InChI is InChI=1S/C29H36N6O6/c1-17(2)25(30)28(39)34-23(12-18-6-4-3-5-7-18)26(37)33-22(13-19-8-10-21(36)11-9-19)27(38)35-24(29(40)41)14-20-15-31-16-32-20/h3-11,15-17,22-25,36H,12-14,30H2,1-2H3,(H,31,32)(H,33,37)(H,34,39)(H,35,38)(H,40,41). The van der Waals surface area contributed by atoms with Crippen LogP contribution in [0.3, 0.4) is 0 Å². The fourth-order valence-electron chi connectivity index (χ4n) is 4.07. The first-order valence-corrected chi connectivity index (χ1v) is 13.2. The quantitative estimate of drug-likeness (QED) is 0.148. The third-order valence-corrected chi connectivity index (χ3v) is 6.54. The molecule has 8 N–H and O–H groups in total. The number of nitrogens with one attached hydrogen (secondary N) is 4. The fraction of sp³-hybridized carbons (Fsp3) is 0.345. The summed E-state index contributed by atoms with van der Waals surface area (Å²) in [6, 6.07) is 10.7. The molecule has 3 aromatic rings. The number of nitrogens with zero attached hydrogens (tertiary/aromatic N) is 1. The number of phenolic OH excluding ortho intramolecular Hbond substituents is 1. The van der Waals surface area contributed by atoms with Crippen LogP contribution in [0.1, 0.15) is 30.7 Å². The number of phenols is 1. The maximum absolute atomic E-state index is 13.6. The predicted molar refractivity (Wildman–Crippen MR) is 150 cm³/mol. The molecular weight excluding hydrogens is 528 g/mol. The van der Waals surface area contributed by atoms with Gasteiger partial charge in [-0.2, -0.15) is 0 Å². The lowest BCUT2D eigenvalue weighted by Gasteiger charge is -2.26. The van der Waals surface area contributed by atoms with Gasteiger partial charge >= 0.3 is 5.97 Å². The van der Waals surface area contributed by atoms with Crippen molar-refractivity contribution in [2.45, 2.75) is 57.3 Å². The Bertz CT molecular complexity index is 1300. The molecule has 218 valence electrons. The zero-order chi connectivity index (χ0) is 29.9. The number of carbonyl (C=O) groups is 4. The van der Waals surface area contributed by atoms with Crippen molar-refractivity contribution in [3.05, 3.63) is 83.9 Å². The van der Waals surface area contributed by atoms with Gasteiger partial charge in [0.05, 0.1) is 12.4 Å². The van der Waals surface area contributed by atoms with E-state index in [1.54, 1.807) is 38.1 Å². The van der Waals surface area contributed by atoms with Crippen molar-refractivity contribution in [1.82, 2.24) is 25.9 Å². The number of aromatic hydroxyl groups is 1. The van der Waals surface area contributed by atoms with E-state index in [0.717, 1.165) is 5.56 Å². The van der Waals surface area contributed by atoms with Crippen molar-refractivity contribution < 1.29 is 29.4 Å². The minimum absolute atomic E-state index is 0.00817. The molecule has 1 heterocycles. The monoisotopic (exact) mass is 564 g/mol. The second-order valence-electron chi connectivity index (χ2n) is 10.1. The number of benzene rings is 2. The maximum Gasteiger partial charge on any atom is 0.326 e. The Kier molecular flexibility index (Phi) is 11.0. The molecule has 0 spiro atoms. The van der Waals surface area contributed by atoms with Crippen LogP contribution >= 0.6 is 0 Å². The largest absolute Gasteiger partial charge is 0.508 e. The Morgan fingerprint density at radius 2 is 1.34 bits per heavy atom. The fourth-order valence-corrected chi connectivity index (χ4v) is 4.07. The Hall–Kier alpha value is -4.71. The van der Waals surface area contributed by atoms with Gasteiger partial charge < -0.3 is 36.9 Å². The molecule has 41 heavy (non-hydrogen) atoms. The van der Waals surface area contributed by atoms with Crippen LogP contribution in [0.4, 0.5) is 0 Å². The van der Waals surface area contributed by atoms with Gasteiger partial charge in [0.15, 0.2) is 0 Å². The second-order valence-corrected chi connectivity index (χ2v) is 10.1. The average molecular weight is 565 g/mol. The number of carboxylic acids is 1. The number of H-pyrrole nitrogens is 1. The van der Waals surface area contributed by atoms with E-state index in [1.165, 1.54) is 24.7 Å². The molecule has 0 aliphatic rings. The van der Waals surface area contributed by atoms with Gasteiger partial charge in [-0.15, -0.1) is 0 Å². The topological polar surface area (TPSA) is 200 Å². The van der Waals surface area contributed by atoms with Crippen molar-refractivity contribution in [2.75, 3.05) is 0 Å². The Morgan fingerprint density at radius 1 is 0.805 bits per heavy atom. The van der Waals surface area contributed by atoms with E-state index in [0.29, 0.717) is 11.3 Å². The first-order valence-electron chi connectivity index (χ1n) is 13.2. The number of amides is 3. The molecule has 0 saturated heterocycles. The summed E-state index contributed by atoms with van der Waals surface area (Å²) in [5.41, 5.74) is 7.90. The van der Waals surface area contributed by atoms with Gasteiger partial charge in [0, 0.05) is 31.2 Å². The molecule has 2 aromatic carbocycles. The third-order valence-electron chi connectivity index (χ3n) is 6.54. The van der Waals surface area contributed by atoms with Gasteiger partial charge in [-0.25, -0.2) is 9.78 Å². The molecule has 0 aliphatic heterocycles. The summed E-state index contributed by atoms with van der Waals surface area (Å²) in [4.78, 5) is 58.4. The van der Waals surface area contributed by atoms with E-state index >= 15 is 0 Å². The van der Waals surface area contributed by atoms with Crippen LogP contribution in [-0.4, -0.2) is 68.0 Å². The highest BCUT2D eigenvalue weighted by Gasteiger charge is 2.31. The molecule has 3 amide bonds. The van der Waals surface area contributed by atoms with Gasteiger partial charge in [0.2, 0.25) is 17.7 Å². The van der Waals surface area contributed by atoms with Gasteiger partial charge in [0.1, 0.15) is 23.9 Å². The third kappa shape index (κ3) is 9.46. The molecule has 0 bridgehead atoms. The van der Waals surface area contributed by atoms with Crippen LogP contribution < -0.4 is 21.7 Å². The normalized spacial score (nSPS) is 14.0. The van der Waals surface area contributed by atoms with Crippen LogP contribution in [0.15, 0.2) is 67.1 Å². The van der Waals surface area contributed by atoms with Crippen LogP contribution in [0.2, 0.25) is 0 Å². The molecule has 3 rings (SSSR count). The Morgan fingerprint density at radius 3 is 1.85 bits per heavy atom. The zero-order valence-corrected chi connectivity index (χ0v) is 22.9. The van der Waals surface area contributed by atoms with Gasteiger partial charge in [-0.1, -0.05) is 56.3 Å². The molecule has 0 fully saturated rings. The Balaban J connectivity index is 1.85. The summed E-state index contributed by atoms with van der Waals surface area (Å²) in [5.74, 6) is -3.30. The number of nitrogens with two attached hydrogens (primary N) is 1. The SMILES string of the molecule is CC(C)C(N)C(=O)NC(Cc1ccccc1)C(=O)NC(Cc1ccc(O)cc1)C(=O)NC(Cc1cnc[nH]1)C(=O)O. The summed E-state index contributed by atoms with van der Waals surface area (Å²) >= 11 is 0. The highest BCUT2D eigenvalue weighted by Crippen LogP contribution is 2.13. The van der Waals surface area contributed by atoms with Crippen LogP contribution in [0, 0.1) is 5.92 Å². The van der Waals surface area contributed by atoms with E-state index in [9.17, 15) is 29.4 Å². The summed E-state index contributed by atoms with van der Waals surface area (Å²) in [6.07, 6.45) is 2.92. The molecule has 4 unspecified atom stereocenters. The molecule has 0 radical (unpaired) electrons.